The van der Waals surface area contributed by atoms with Crippen LogP contribution in [-0.4, -0.2) is 12.3 Å². The van der Waals surface area contributed by atoms with Crippen molar-refractivity contribution in [3.8, 4) is 57.1 Å². The zero-order valence-electron chi connectivity index (χ0n) is 17.3. The Labute approximate surface area is 192 Å². The van der Waals surface area contributed by atoms with Gasteiger partial charge >= 0.3 is 12.3 Å². The second kappa shape index (κ2) is 5.99. The smallest absolute Gasteiger partial charge is 0.382 e. The first-order valence-corrected chi connectivity index (χ1v) is 10.7. The van der Waals surface area contributed by atoms with Gasteiger partial charge in [0, 0.05) is 11.1 Å². The van der Waals surface area contributed by atoms with Crippen LogP contribution in [0.25, 0.3) is 11.1 Å². The van der Waals surface area contributed by atoms with Gasteiger partial charge < -0.3 is 37.9 Å². The number of fused-ring (bicyclic) bond motifs is 4. The lowest BCUT2D eigenvalue weighted by atomic mass is 10.0. The Morgan fingerprint density at radius 2 is 0.647 bits per heavy atom. The van der Waals surface area contributed by atoms with Crippen LogP contribution in [0.2, 0.25) is 0 Å². The van der Waals surface area contributed by atoms with E-state index in [1.807, 2.05) is 48.5 Å². The molecule has 0 radical (unpaired) electrons. The molecule has 0 bridgehead atoms. The van der Waals surface area contributed by atoms with E-state index < -0.39 is 12.3 Å². The Hall–Kier alpha value is -4.72. The first-order chi connectivity index (χ1) is 16.7. The highest BCUT2D eigenvalue weighted by Crippen LogP contribution is 2.55. The highest BCUT2D eigenvalue weighted by Gasteiger charge is 2.56. The molecule has 4 aromatic carbocycles. The Kier molecular flexibility index (Phi) is 3.13. The summed E-state index contributed by atoms with van der Waals surface area (Å²) in [5.74, 6) is 3.97. The van der Waals surface area contributed by atoms with Gasteiger partial charge in [0.1, 0.15) is 0 Å². The Balaban J connectivity index is 1.17. The number of ether oxygens (including phenoxy) is 8. The van der Waals surface area contributed by atoms with Crippen LogP contribution in [-0.2, 0) is 0 Å². The van der Waals surface area contributed by atoms with Gasteiger partial charge in [-0.15, -0.1) is 0 Å². The lowest BCUT2D eigenvalue weighted by Gasteiger charge is -2.18. The Bertz CT molecular complexity index is 1330. The molecule has 4 aliphatic rings. The largest absolute Gasteiger partial charge is 0.611 e. The molecule has 34 heavy (non-hydrogen) atoms. The average molecular weight is 454 g/mol. The maximum atomic E-state index is 6.13. The molecule has 4 aliphatic heterocycles. The van der Waals surface area contributed by atoms with Crippen molar-refractivity contribution in [2.75, 3.05) is 0 Å². The van der Waals surface area contributed by atoms with Gasteiger partial charge in [-0.05, 0) is 36.4 Å². The second-order valence-corrected chi connectivity index (χ2v) is 7.98. The third-order valence-electron chi connectivity index (χ3n) is 5.81. The van der Waals surface area contributed by atoms with Crippen molar-refractivity contribution < 1.29 is 37.9 Å². The highest BCUT2D eigenvalue weighted by molar-refractivity contribution is 5.81. The third kappa shape index (κ3) is 2.36. The van der Waals surface area contributed by atoms with Crippen LogP contribution in [0.15, 0.2) is 84.9 Å². The molecule has 0 N–H and O–H groups in total. The summed E-state index contributed by atoms with van der Waals surface area (Å²) in [6.45, 7) is 0. The maximum Gasteiger partial charge on any atom is 0.611 e. The molecule has 0 atom stereocenters. The summed E-state index contributed by atoms with van der Waals surface area (Å²) in [4.78, 5) is 0. The van der Waals surface area contributed by atoms with E-state index in [1.165, 1.54) is 0 Å². The van der Waals surface area contributed by atoms with Crippen molar-refractivity contribution in [3.63, 3.8) is 0 Å². The van der Waals surface area contributed by atoms with E-state index in [0.29, 0.717) is 57.1 Å². The molecule has 4 heterocycles. The molecule has 0 amide bonds. The molecule has 0 saturated carbocycles. The summed E-state index contributed by atoms with van der Waals surface area (Å²) in [6, 6.07) is 25.6. The average Bonchev–Trinajstić information content (AvgIpc) is 3.58. The molecule has 0 fully saturated rings. The van der Waals surface area contributed by atoms with E-state index in [9.17, 15) is 0 Å². The van der Waals surface area contributed by atoms with E-state index in [4.69, 9.17) is 37.9 Å². The standard InChI is InChI=1S/C26H14O8/c1-2-10-18-17(9-1)27-25(28-18)31-21-13-5-7-15(23(21)33-25)16-8-6-14-22-24(16)34-26(32-22)29-19-11-3-4-12-20(19)30-26/h1-14H. The molecular formula is C26H14O8. The summed E-state index contributed by atoms with van der Waals surface area (Å²) < 4.78 is 47.7. The molecule has 4 aromatic rings. The van der Waals surface area contributed by atoms with Crippen LogP contribution in [0.3, 0.4) is 0 Å². The molecule has 8 rings (SSSR count). The predicted molar refractivity (Wildman–Crippen MR) is 115 cm³/mol. The van der Waals surface area contributed by atoms with Gasteiger partial charge in [0.25, 0.3) is 0 Å². The van der Waals surface area contributed by atoms with Gasteiger partial charge in [0.05, 0.1) is 0 Å². The lowest BCUT2D eigenvalue weighted by Crippen LogP contribution is -2.47. The van der Waals surface area contributed by atoms with Gasteiger partial charge in [-0.1, -0.05) is 48.5 Å². The van der Waals surface area contributed by atoms with Crippen LogP contribution in [0.4, 0.5) is 0 Å². The van der Waals surface area contributed by atoms with Crippen LogP contribution >= 0.6 is 0 Å². The number of benzene rings is 4. The third-order valence-corrected chi connectivity index (χ3v) is 5.81. The zero-order chi connectivity index (χ0) is 22.3. The maximum absolute atomic E-state index is 6.13. The molecule has 166 valence electrons. The van der Waals surface area contributed by atoms with E-state index in [-0.39, 0.29) is 0 Å². The minimum atomic E-state index is -1.72. The fourth-order valence-corrected chi connectivity index (χ4v) is 4.37. The van der Waals surface area contributed by atoms with Gasteiger partial charge in [0.15, 0.2) is 46.0 Å². The summed E-state index contributed by atoms with van der Waals surface area (Å²) >= 11 is 0. The van der Waals surface area contributed by atoms with E-state index >= 15 is 0 Å². The number of hydrogen-bond acceptors (Lipinski definition) is 8. The van der Waals surface area contributed by atoms with Crippen molar-refractivity contribution in [1.82, 2.24) is 0 Å². The second-order valence-electron chi connectivity index (χ2n) is 7.98. The van der Waals surface area contributed by atoms with E-state index in [1.54, 1.807) is 36.4 Å². The summed E-state index contributed by atoms with van der Waals surface area (Å²) in [7, 11) is 0. The summed E-state index contributed by atoms with van der Waals surface area (Å²) in [5.41, 5.74) is 1.40. The molecular weight excluding hydrogens is 440 g/mol. The Morgan fingerprint density at radius 3 is 1.03 bits per heavy atom. The quantitative estimate of drug-likeness (QED) is 0.395. The first kappa shape index (κ1) is 17.8. The normalized spacial score (nSPS) is 18.0. The highest BCUT2D eigenvalue weighted by atomic mass is 17.1. The zero-order valence-corrected chi connectivity index (χ0v) is 17.3. The Morgan fingerprint density at radius 1 is 0.324 bits per heavy atom. The fourth-order valence-electron chi connectivity index (χ4n) is 4.37. The van der Waals surface area contributed by atoms with Crippen molar-refractivity contribution >= 4 is 0 Å². The topological polar surface area (TPSA) is 73.8 Å². The lowest BCUT2D eigenvalue weighted by molar-refractivity contribution is -0.331. The van der Waals surface area contributed by atoms with Gasteiger partial charge in [-0.3, -0.25) is 0 Å². The van der Waals surface area contributed by atoms with Gasteiger partial charge in [0.2, 0.25) is 0 Å². The first-order valence-electron chi connectivity index (χ1n) is 10.7. The van der Waals surface area contributed by atoms with E-state index in [2.05, 4.69) is 0 Å². The fraction of sp³-hybridized carbons (Fsp3) is 0.0769. The molecule has 8 heteroatoms. The molecule has 0 aromatic heterocycles. The molecule has 0 saturated heterocycles. The van der Waals surface area contributed by atoms with Crippen molar-refractivity contribution in [2.45, 2.75) is 12.3 Å². The summed E-state index contributed by atoms with van der Waals surface area (Å²) in [6.07, 6.45) is -3.45. The van der Waals surface area contributed by atoms with E-state index in [0.717, 1.165) is 0 Å². The SMILES string of the molecule is c1ccc2c(c1)OC1(O2)Oc2cccc(-c3cccc4c3OC3(Oc5ccccc5O3)O4)c2O1. The molecule has 0 unspecified atom stereocenters. The molecule has 8 nitrogen and oxygen atoms in total. The van der Waals surface area contributed by atoms with Crippen molar-refractivity contribution in [2.24, 2.45) is 0 Å². The number of para-hydroxylation sites is 6. The van der Waals surface area contributed by atoms with Crippen molar-refractivity contribution in [3.05, 3.63) is 84.9 Å². The van der Waals surface area contributed by atoms with Crippen LogP contribution in [0.1, 0.15) is 0 Å². The number of hydrogen-bond donors (Lipinski definition) is 0. The van der Waals surface area contributed by atoms with Crippen molar-refractivity contribution in [1.29, 1.82) is 0 Å². The number of rotatable bonds is 1. The minimum Gasteiger partial charge on any atom is -0.382 e. The minimum absolute atomic E-state index is 0.449. The van der Waals surface area contributed by atoms with Gasteiger partial charge in [-0.25, -0.2) is 0 Å². The van der Waals surface area contributed by atoms with Crippen LogP contribution in [0, 0.1) is 0 Å². The summed E-state index contributed by atoms with van der Waals surface area (Å²) in [5, 5.41) is 0. The van der Waals surface area contributed by atoms with Gasteiger partial charge in [-0.2, -0.15) is 0 Å². The monoisotopic (exact) mass is 454 g/mol. The van der Waals surface area contributed by atoms with Crippen LogP contribution < -0.4 is 37.9 Å². The predicted octanol–water partition coefficient (Wildman–Crippen LogP) is 5.06. The molecule has 0 aliphatic carbocycles. The van der Waals surface area contributed by atoms with Crippen LogP contribution in [0.5, 0.6) is 46.0 Å². The molecule has 2 spiro atoms.